The van der Waals surface area contributed by atoms with E-state index < -0.39 is 0 Å². The third-order valence-electron chi connectivity index (χ3n) is 5.69. The molecular formula is C24H25N5OS. The molecule has 0 fully saturated rings. The van der Waals surface area contributed by atoms with Gasteiger partial charge < -0.3 is 0 Å². The van der Waals surface area contributed by atoms with Gasteiger partial charge in [-0.25, -0.2) is 0 Å². The molecule has 2 aromatic carbocycles. The van der Waals surface area contributed by atoms with E-state index in [0.717, 1.165) is 60.2 Å². The zero-order chi connectivity index (χ0) is 21.8. The predicted molar refractivity (Wildman–Crippen MR) is 122 cm³/mol. The molecule has 3 aromatic rings. The summed E-state index contributed by atoms with van der Waals surface area (Å²) in [6.45, 7) is 6.51. The van der Waals surface area contributed by atoms with Gasteiger partial charge in [-0.2, -0.15) is 5.26 Å². The Labute approximate surface area is 186 Å². The van der Waals surface area contributed by atoms with Crippen molar-refractivity contribution in [1.82, 2.24) is 19.7 Å². The molecule has 1 aliphatic heterocycles. The van der Waals surface area contributed by atoms with Crippen molar-refractivity contribution in [1.29, 1.82) is 5.26 Å². The van der Waals surface area contributed by atoms with E-state index in [0.29, 0.717) is 5.56 Å². The highest BCUT2D eigenvalue weighted by atomic mass is 32.2. The fraction of sp³-hybridized carbons (Fsp3) is 0.333. The van der Waals surface area contributed by atoms with Crippen LogP contribution in [-0.2, 0) is 13.0 Å². The first kappa shape index (κ1) is 21.3. The highest BCUT2D eigenvalue weighted by molar-refractivity contribution is 7.99. The van der Waals surface area contributed by atoms with Crippen LogP contribution < -0.4 is 0 Å². The van der Waals surface area contributed by atoms with E-state index >= 15 is 0 Å². The van der Waals surface area contributed by atoms with Gasteiger partial charge in [0.2, 0.25) is 0 Å². The highest BCUT2D eigenvalue weighted by Gasteiger charge is 2.17. The zero-order valence-corrected chi connectivity index (χ0v) is 18.7. The summed E-state index contributed by atoms with van der Waals surface area (Å²) in [7, 11) is 0. The standard InChI is InChI=1S/C24H25N5OS/c1-17-4-7-23(13-21(17)14-25)29-16-26-27-24(29)31-11-3-9-28-10-8-19-5-6-20(18(2)30)12-22(19)15-28/h4-7,12-13,16H,3,8-11,15H2,1-2H3. The molecule has 158 valence electrons. The number of Topliss-reactive ketones (excluding diaryl/α,β-unsaturated/α-hetero) is 1. The molecule has 0 saturated carbocycles. The molecule has 0 radical (unpaired) electrons. The summed E-state index contributed by atoms with van der Waals surface area (Å²) < 4.78 is 1.94. The normalized spacial score (nSPS) is 13.6. The SMILES string of the molecule is CC(=O)c1ccc2c(c1)CN(CCCSc1nncn1-c1ccc(C)c(C#N)c1)CC2. The number of thioether (sulfide) groups is 1. The van der Waals surface area contributed by atoms with E-state index in [-0.39, 0.29) is 5.78 Å². The molecule has 0 N–H and O–H groups in total. The van der Waals surface area contributed by atoms with E-state index in [1.54, 1.807) is 25.0 Å². The number of aryl methyl sites for hydroxylation is 1. The average molecular weight is 432 g/mol. The Balaban J connectivity index is 1.33. The maximum absolute atomic E-state index is 11.7. The van der Waals surface area contributed by atoms with Gasteiger partial charge in [0.25, 0.3) is 0 Å². The van der Waals surface area contributed by atoms with Crippen molar-refractivity contribution >= 4 is 17.5 Å². The Morgan fingerprint density at radius 2 is 2.10 bits per heavy atom. The lowest BCUT2D eigenvalue weighted by Crippen LogP contribution is -2.31. The summed E-state index contributed by atoms with van der Waals surface area (Å²) >= 11 is 1.68. The van der Waals surface area contributed by atoms with Gasteiger partial charge in [-0.3, -0.25) is 14.3 Å². The van der Waals surface area contributed by atoms with Crippen LogP contribution in [-0.4, -0.2) is 44.3 Å². The molecule has 0 bridgehead atoms. The second-order valence-electron chi connectivity index (χ2n) is 7.86. The van der Waals surface area contributed by atoms with Crippen LogP contribution in [0.15, 0.2) is 47.9 Å². The first-order valence-corrected chi connectivity index (χ1v) is 11.4. The number of rotatable bonds is 7. The number of nitrogens with zero attached hydrogens (tertiary/aromatic N) is 5. The fourth-order valence-electron chi connectivity index (χ4n) is 3.86. The summed E-state index contributed by atoms with van der Waals surface area (Å²) in [5.41, 5.74) is 5.97. The van der Waals surface area contributed by atoms with Crippen LogP contribution in [0.5, 0.6) is 0 Å². The number of benzene rings is 2. The molecule has 0 unspecified atom stereocenters. The van der Waals surface area contributed by atoms with E-state index in [1.165, 1.54) is 11.1 Å². The zero-order valence-electron chi connectivity index (χ0n) is 17.8. The summed E-state index contributed by atoms with van der Waals surface area (Å²) in [4.78, 5) is 14.1. The van der Waals surface area contributed by atoms with Gasteiger partial charge in [-0.15, -0.1) is 10.2 Å². The van der Waals surface area contributed by atoms with Gasteiger partial charge in [0.05, 0.1) is 17.3 Å². The summed E-state index contributed by atoms with van der Waals surface area (Å²) in [5, 5.41) is 18.5. The van der Waals surface area contributed by atoms with E-state index in [9.17, 15) is 10.1 Å². The highest BCUT2D eigenvalue weighted by Crippen LogP contribution is 2.24. The molecular weight excluding hydrogens is 406 g/mol. The molecule has 1 aliphatic rings. The Kier molecular flexibility index (Phi) is 6.50. The van der Waals surface area contributed by atoms with Gasteiger partial charge in [-0.1, -0.05) is 30.0 Å². The van der Waals surface area contributed by atoms with Gasteiger partial charge in [0.15, 0.2) is 10.9 Å². The van der Waals surface area contributed by atoms with Crippen LogP contribution in [0.3, 0.4) is 0 Å². The molecule has 2 heterocycles. The Hall–Kier alpha value is -2.95. The van der Waals surface area contributed by atoms with Gasteiger partial charge in [-0.05, 0) is 68.1 Å². The minimum atomic E-state index is 0.121. The number of nitriles is 1. The summed E-state index contributed by atoms with van der Waals surface area (Å²) in [5.74, 6) is 1.06. The summed E-state index contributed by atoms with van der Waals surface area (Å²) in [6, 6.07) is 14.2. The Morgan fingerprint density at radius 1 is 1.23 bits per heavy atom. The number of hydrogen-bond donors (Lipinski definition) is 0. The first-order valence-electron chi connectivity index (χ1n) is 10.4. The first-order chi connectivity index (χ1) is 15.0. The van der Waals surface area contributed by atoms with E-state index in [1.807, 2.05) is 35.8 Å². The van der Waals surface area contributed by atoms with Crippen LogP contribution >= 0.6 is 11.8 Å². The molecule has 4 rings (SSSR count). The number of hydrogen-bond acceptors (Lipinski definition) is 6. The lowest BCUT2D eigenvalue weighted by Gasteiger charge is -2.29. The van der Waals surface area contributed by atoms with Crippen molar-refractivity contribution in [2.24, 2.45) is 0 Å². The molecule has 31 heavy (non-hydrogen) atoms. The van der Waals surface area contributed by atoms with Crippen molar-refractivity contribution < 1.29 is 4.79 Å². The summed E-state index contributed by atoms with van der Waals surface area (Å²) in [6.07, 6.45) is 3.77. The van der Waals surface area contributed by atoms with Crippen LogP contribution in [0.1, 0.15) is 46.0 Å². The monoisotopic (exact) mass is 431 g/mol. The smallest absolute Gasteiger partial charge is 0.195 e. The van der Waals surface area contributed by atoms with Crippen LogP contribution in [0.4, 0.5) is 0 Å². The molecule has 1 aromatic heterocycles. The van der Waals surface area contributed by atoms with Crippen molar-refractivity contribution in [3.63, 3.8) is 0 Å². The molecule has 0 spiro atoms. The van der Waals surface area contributed by atoms with E-state index in [2.05, 4.69) is 33.3 Å². The van der Waals surface area contributed by atoms with Gasteiger partial charge >= 0.3 is 0 Å². The third-order valence-corrected chi connectivity index (χ3v) is 6.72. The maximum Gasteiger partial charge on any atom is 0.195 e. The molecule has 0 saturated heterocycles. The van der Waals surface area contributed by atoms with Gasteiger partial charge in [0, 0.05) is 24.4 Å². The lowest BCUT2D eigenvalue weighted by molar-refractivity contribution is 0.101. The molecule has 0 atom stereocenters. The fourth-order valence-corrected chi connectivity index (χ4v) is 4.71. The van der Waals surface area contributed by atoms with Crippen LogP contribution in [0.2, 0.25) is 0 Å². The molecule has 0 aliphatic carbocycles. The van der Waals surface area contributed by atoms with Crippen molar-refractivity contribution in [2.45, 2.75) is 38.4 Å². The van der Waals surface area contributed by atoms with E-state index in [4.69, 9.17) is 0 Å². The average Bonchev–Trinajstić information content (AvgIpc) is 3.25. The Morgan fingerprint density at radius 3 is 2.90 bits per heavy atom. The maximum atomic E-state index is 11.7. The molecule has 0 amide bonds. The number of ketones is 1. The van der Waals surface area contributed by atoms with Crippen LogP contribution in [0.25, 0.3) is 5.69 Å². The Bertz CT molecular complexity index is 1150. The lowest BCUT2D eigenvalue weighted by atomic mass is 9.96. The number of carbonyl (C=O) groups is 1. The third kappa shape index (κ3) is 4.87. The largest absolute Gasteiger partial charge is 0.299 e. The minimum Gasteiger partial charge on any atom is -0.299 e. The van der Waals surface area contributed by atoms with Crippen molar-refractivity contribution in [2.75, 3.05) is 18.8 Å². The number of fused-ring (bicyclic) bond motifs is 1. The topological polar surface area (TPSA) is 74.8 Å². The second kappa shape index (κ2) is 9.46. The minimum absolute atomic E-state index is 0.121. The molecule has 7 heteroatoms. The second-order valence-corrected chi connectivity index (χ2v) is 8.92. The number of aromatic nitrogens is 3. The van der Waals surface area contributed by atoms with Crippen molar-refractivity contribution in [3.05, 3.63) is 70.5 Å². The van der Waals surface area contributed by atoms with Gasteiger partial charge in [0.1, 0.15) is 6.33 Å². The quantitative estimate of drug-likeness (QED) is 0.317. The number of carbonyl (C=O) groups excluding carboxylic acids is 1. The van der Waals surface area contributed by atoms with Crippen LogP contribution in [0, 0.1) is 18.3 Å². The molecule has 6 nitrogen and oxygen atoms in total. The predicted octanol–water partition coefficient (Wildman–Crippen LogP) is 4.19. The van der Waals surface area contributed by atoms with Crippen molar-refractivity contribution in [3.8, 4) is 11.8 Å².